The highest BCUT2D eigenvalue weighted by atomic mass is 19.4. The Kier molecular flexibility index (Phi) is 46.9. The summed E-state index contributed by atoms with van der Waals surface area (Å²) < 4.78 is 269. The predicted molar refractivity (Wildman–Crippen MR) is 212 cm³/mol. The fraction of sp³-hybridized carbons (Fsp3) is 1.00. The van der Waals surface area contributed by atoms with Crippen LogP contribution in [0.1, 0.15) is 111 Å². The van der Waals surface area contributed by atoms with E-state index >= 15 is 0 Å². The molecular weight excluding hydrogens is 941 g/mol. The van der Waals surface area contributed by atoms with Crippen LogP contribution >= 0.6 is 0 Å². The quantitative estimate of drug-likeness (QED) is 0.135. The Hall–Kier alpha value is -1.61. The minimum absolute atomic E-state index is 0.183. The lowest BCUT2D eigenvalue weighted by atomic mass is 9.96. The van der Waals surface area contributed by atoms with Crippen molar-refractivity contribution in [3.63, 3.8) is 0 Å². The molecule has 0 nitrogen and oxygen atoms in total. The minimum Gasteiger partial charge on any atom is -0.251 e. The van der Waals surface area contributed by atoms with Gasteiger partial charge in [0.15, 0.2) is 0 Å². The molecule has 0 spiro atoms. The predicted octanol–water partition coefficient (Wildman–Crippen LogP) is 18.7. The van der Waals surface area contributed by atoms with Crippen molar-refractivity contribution >= 4 is 0 Å². The monoisotopic (exact) mass is 1020 g/mol. The van der Waals surface area contributed by atoms with Crippen LogP contribution < -0.4 is 0 Å². The van der Waals surface area contributed by atoms with Crippen LogP contribution in [0, 0.1) is 82.9 Å². The fourth-order valence-electron chi connectivity index (χ4n) is 3.85. The fourth-order valence-corrected chi connectivity index (χ4v) is 3.85. The van der Waals surface area contributed by atoms with Gasteiger partial charge in [0.1, 0.15) is 18.5 Å². The number of alkyl halides is 23. The average molecular weight is 1020 g/mol. The van der Waals surface area contributed by atoms with Crippen molar-refractivity contribution in [1.82, 2.24) is 0 Å². The van der Waals surface area contributed by atoms with Gasteiger partial charge in [0, 0.05) is 0 Å². The van der Waals surface area contributed by atoms with Crippen LogP contribution in [0.5, 0.6) is 0 Å². The molecule has 0 rings (SSSR count). The van der Waals surface area contributed by atoms with Gasteiger partial charge in [-0.3, -0.25) is 17.6 Å². The Balaban J connectivity index is -0.000000121. The highest BCUT2D eigenvalue weighted by Gasteiger charge is 2.48. The summed E-state index contributed by atoms with van der Waals surface area (Å²) in [5.74, 6) is -12.0. The topological polar surface area (TPSA) is 0 Å². The summed E-state index contributed by atoms with van der Waals surface area (Å²) in [7, 11) is 0. The number of rotatable bonds is 16. The molecule has 65 heavy (non-hydrogen) atoms. The second-order valence-corrected chi connectivity index (χ2v) is 17.5. The molecule has 0 bridgehead atoms. The standard InChI is InChI=1S/2C6H9F5.2C6H10F4.C6H11F3.2C6H13F/c2*1-3(2)4(5(7)8)6(9,10)11;1-4(2)5(3-7)6(8,9)10;1-3(2)4(5(7)8)6(9)10;1-4(2)5(3-7)6(8)9;2*1-5(2)6(3)4-7/h2*3-5H,1-2H3;4-5H,3H2,1-2H3;3-6H,1-2H3;4-6H,3H2,1-2H3;2*5-6H,4H2,1-3H3. The van der Waals surface area contributed by atoms with Crippen molar-refractivity contribution in [3.05, 3.63) is 0 Å². The molecule has 6 unspecified atom stereocenters. The molecule has 0 aliphatic rings. The van der Waals surface area contributed by atoms with E-state index in [0.717, 1.165) is 27.7 Å². The van der Waals surface area contributed by atoms with E-state index in [1.165, 1.54) is 27.7 Å². The third kappa shape index (κ3) is 43.4. The van der Waals surface area contributed by atoms with Gasteiger partial charge in [-0.25, -0.2) is 43.9 Å². The van der Waals surface area contributed by atoms with Crippen LogP contribution in [0.3, 0.4) is 0 Å². The first-order valence-electron chi connectivity index (χ1n) is 20.7. The smallest absolute Gasteiger partial charge is 0.251 e. The van der Waals surface area contributed by atoms with Crippen molar-refractivity contribution in [2.24, 2.45) is 82.9 Å². The summed E-state index contributed by atoms with van der Waals surface area (Å²) in [4.78, 5) is 0. The summed E-state index contributed by atoms with van der Waals surface area (Å²) in [6, 6.07) is 0. The lowest BCUT2D eigenvalue weighted by Crippen LogP contribution is -2.33. The van der Waals surface area contributed by atoms with Gasteiger partial charge >= 0.3 is 18.5 Å². The van der Waals surface area contributed by atoms with E-state index in [0.29, 0.717) is 11.8 Å². The third-order valence-electron chi connectivity index (χ3n) is 9.60. The Labute approximate surface area is 372 Å². The first kappa shape index (κ1) is 77.6. The normalized spacial score (nSPS) is 15.1. The maximum atomic E-state index is 11.7. The first-order chi connectivity index (χ1) is 28.8. The number of halogens is 23. The molecule has 0 aromatic heterocycles. The Morgan fingerprint density at radius 3 is 0.554 bits per heavy atom. The molecule has 0 amide bonds. The van der Waals surface area contributed by atoms with Gasteiger partial charge in [0.05, 0.1) is 37.8 Å². The van der Waals surface area contributed by atoms with Gasteiger partial charge in [0.2, 0.25) is 32.1 Å². The van der Waals surface area contributed by atoms with Crippen LogP contribution in [-0.4, -0.2) is 77.4 Å². The van der Waals surface area contributed by atoms with Crippen molar-refractivity contribution < 1.29 is 101 Å². The first-order valence-corrected chi connectivity index (χ1v) is 20.7. The molecular formula is C42H75F23. The van der Waals surface area contributed by atoms with E-state index in [-0.39, 0.29) is 31.1 Å². The second kappa shape index (κ2) is 39.3. The van der Waals surface area contributed by atoms with E-state index in [2.05, 4.69) is 0 Å². The molecule has 0 saturated carbocycles. The van der Waals surface area contributed by atoms with Gasteiger partial charge < -0.3 is 0 Å². The van der Waals surface area contributed by atoms with Crippen molar-refractivity contribution in [1.29, 1.82) is 0 Å². The largest absolute Gasteiger partial charge is 0.397 e. The van der Waals surface area contributed by atoms with E-state index in [1.807, 2.05) is 41.5 Å². The van der Waals surface area contributed by atoms with Crippen LogP contribution in [-0.2, 0) is 0 Å². The van der Waals surface area contributed by atoms with Crippen molar-refractivity contribution in [3.8, 4) is 0 Å². The Bertz CT molecular complexity index is 908. The molecule has 0 heterocycles. The summed E-state index contributed by atoms with van der Waals surface area (Å²) in [6.45, 7) is 22.5. The van der Waals surface area contributed by atoms with Gasteiger partial charge in [-0.1, -0.05) is 111 Å². The van der Waals surface area contributed by atoms with Crippen LogP contribution in [0.15, 0.2) is 0 Å². The molecule has 0 aromatic rings. The zero-order valence-electron chi connectivity index (χ0n) is 40.0. The molecule has 0 aliphatic carbocycles. The van der Waals surface area contributed by atoms with Crippen molar-refractivity contribution in [2.45, 2.75) is 161 Å². The van der Waals surface area contributed by atoms with Crippen LogP contribution in [0.2, 0.25) is 0 Å². The van der Waals surface area contributed by atoms with E-state index in [1.54, 1.807) is 13.8 Å². The summed E-state index contributed by atoms with van der Waals surface area (Å²) in [6.07, 6.45) is -29.0. The number of hydrogen-bond donors (Lipinski definition) is 0. The molecule has 0 aliphatic heterocycles. The zero-order chi connectivity index (χ0) is 54.3. The molecule has 6 atom stereocenters. The molecule has 0 N–H and O–H groups in total. The van der Waals surface area contributed by atoms with Crippen molar-refractivity contribution in [2.75, 3.05) is 26.7 Å². The van der Waals surface area contributed by atoms with Crippen LogP contribution in [0.4, 0.5) is 101 Å². The maximum Gasteiger partial charge on any atom is 0.397 e. The molecule has 23 heteroatoms. The molecule has 0 fully saturated rings. The lowest BCUT2D eigenvalue weighted by Gasteiger charge is -2.22. The molecule has 404 valence electrons. The summed E-state index contributed by atoms with van der Waals surface area (Å²) in [5, 5.41) is 0. The van der Waals surface area contributed by atoms with E-state index < -0.39 is 117 Å². The van der Waals surface area contributed by atoms with Gasteiger partial charge in [-0.15, -0.1) is 0 Å². The maximum absolute atomic E-state index is 11.7. The van der Waals surface area contributed by atoms with Gasteiger partial charge in [-0.05, 0) is 53.3 Å². The summed E-state index contributed by atoms with van der Waals surface area (Å²) in [5.41, 5.74) is 0. The molecule has 0 saturated heterocycles. The minimum atomic E-state index is -4.79. The summed E-state index contributed by atoms with van der Waals surface area (Å²) >= 11 is 0. The highest BCUT2D eigenvalue weighted by Crippen LogP contribution is 2.37. The molecule has 0 aromatic carbocycles. The van der Waals surface area contributed by atoms with Gasteiger partial charge in [-0.2, -0.15) is 39.5 Å². The van der Waals surface area contributed by atoms with E-state index in [4.69, 9.17) is 0 Å². The number of hydrogen-bond acceptors (Lipinski definition) is 0. The molecule has 0 radical (unpaired) electrons. The lowest BCUT2D eigenvalue weighted by molar-refractivity contribution is -0.220. The average Bonchev–Trinajstić information content (AvgIpc) is 3.05. The second-order valence-electron chi connectivity index (χ2n) is 17.5. The van der Waals surface area contributed by atoms with E-state index in [9.17, 15) is 101 Å². The van der Waals surface area contributed by atoms with Crippen LogP contribution in [0.25, 0.3) is 0 Å². The zero-order valence-corrected chi connectivity index (χ0v) is 40.0. The SMILES string of the molecule is CC(C)C(C(F)F)C(F)(F)F.CC(C)C(C(F)F)C(F)(F)F.CC(C)C(C(F)F)C(F)F.CC(C)C(C)CF.CC(C)C(C)CF.CC(C)C(CF)C(F)(F)F.CC(C)C(CF)C(F)F. The van der Waals surface area contributed by atoms with Gasteiger partial charge in [0.25, 0.3) is 0 Å². The third-order valence-corrected chi connectivity index (χ3v) is 9.60. The Morgan fingerprint density at radius 2 is 0.554 bits per heavy atom. The Morgan fingerprint density at radius 1 is 0.277 bits per heavy atom. The highest BCUT2D eigenvalue weighted by molar-refractivity contribution is 4.74.